The van der Waals surface area contributed by atoms with Gasteiger partial charge in [0.25, 0.3) is 5.56 Å². The number of rotatable bonds is 4. The maximum atomic E-state index is 14.8. The van der Waals surface area contributed by atoms with Gasteiger partial charge in [-0.25, -0.2) is 13.8 Å². The van der Waals surface area contributed by atoms with Crippen molar-refractivity contribution in [2.75, 3.05) is 13.7 Å². The molecule has 7 rings (SSSR count). The zero-order valence-electron chi connectivity index (χ0n) is 20.5. The van der Waals surface area contributed by atoms with Crippen LogP contribution in [-0.4, -0.2) is 28.2 Å². The van der Waals surface area contributed by atoms with Crippen LogP contribution in [-0.2, 0) is 5.54 Å². The Morgan fingerprint density at radius 3 is 2.32 bits per heavy atom. The molecule has 7 nitrogen and oxygen atoms in total. The van der Waals surface area contributed by atoms with Crippen molar-refractivity contribution in [1.82, 2.24) is 19.9 Å². The molecule has 0 radical (unpaired) electrons. The molecule has 186 valence electrons. The lowest BCUT2D eigenvalue weighted by atomic mass is 9.73. The molecule has 4 aromatic rings. The molecule has 0 atom stereocenters. The normalized spacial score (nSPS) is 20.1. The van der Waals surface area contributed by atoms with Gasteiger partial charge in [0.2, 0.25) is 0 Å². The van der Waals surface area contributed by atoms with Crippen molar-refractivity contribution in [2.45, 2.75) is 32.2 Å². The Kier molecular flexibility index (Phi) is 5.14. The van der Waals surface area contributed by atoms with E-state index < -0.39 is 28.5 Å². The van der Waals surface area contributed by atoms with Gasteiger partial charge in [-0.15, -0.1) is 0 Å². The Bertz CT molecular complexity index is 1670. The van der Waals surface area contributed by atoms with Crippen LogP contribution in [0.3, 0.4) is 0 Å². The number of nitriles is 1. The number of hydrogen-bond donors (Lipinski definition) is 1. The maximum Gasteiger partial charge on any atom is 0.266 e. The van der Waals surface area contributed by atoms with Gasteiger partial charge in [-0.1, -0.05) is 0 Å². The average molecular weight is 500 g/mol. The van der Waals surface area contributed by atoms with Crippen LogP contribution in [0.2, 0.25) is 0 Å². The summed E-state index contributed by atoms with van der Waals surface area (Å²) in [7, 11) is 1.18. The van der Waals surface area contributed by atoms with E-state index in [9.17, 15) is 18.8 Å². The molecule has 0 amide bonds. The summed E-state index contributed by atoms with van der Waals surface area (Å²) in [5, 5.41) is 13.4. The first-order chi connectivity index (χ1) is 17.7. The van der Waals surface area contributed by atoms with E-state index in [1.165, 1.54) is 17.7 Å². The molecule has 3 aliphatic rings. The highest BCUT2D eigenvalue weighted by atomic mass is 19.1. The summed E-state index contributed by atoms with van der Waals surface area (Å²) in [6.45, 7) is 4.53. The van der Waals surface area contributed by atoms with Crippen molar-refractivity contribution < 1.29 is 13.5 Å². The summed E-state index contributed by atoms with van der Waals surface area (Å²) >= 11 is 0. The van der Waals surface area contributed by atoms with Crippen LogP contribution in [0.4, 0.5) is 8.78 Å². The predicted molar refractivity (Wildman–Crippen MR) is 134 cm³/mol. The summed E-state index contributed by atoms with van der Waals surface area (Å²) in [4.78, 5) is 23.6. The van der Waals surface area contributed by atoms with Crippen LogP contribution >= 0.6 is 0 Å². The number of nitrogens with one attached hydrogen (secondary N) is 1. The topological polar surface area (TPSA) is 92.8 Å². The van der Waals surface area contributed by atoms with Gasteiger partial charge in [-0.2, -0.15) is 5.26 Å². The molecular weight excluding hydrogens is 476 g/mol. The summed E-state index contributed by atoms with van der Waals surface area (Å²) < 4.78 is 35.6. The van der Waals surface area contributed by atoms with E-state index in [1.807, 2.05) is 26.0 Å². The van der Waals surface area contributed by atoms with Crippen LogP contribution in [0.25, 0.3) is 27.7 Å². The second-order valence-corrected chi connectivity index (χ2v) is 9.93. The Labute approximate surface area is 211 Å². The minimum absolute atomic E-state index is 0.0104. The van der Waals surface area contributed by atoms with Gasteiger partial charge in [-0.3, -0.25) is 14.3 Å². The van der Waals surface area contributed by atoms with Crippen molar-refractivity contribution in [1.29, 1.82) is 5.26 Å². The van der Waals surface area contributed by atoms with Gasteiger partial charge in [0.15, 0.2) is 17.4 Å². The third-order valence-electron chi connectivity index (χ3n) is 7.37. The highest BCUT2D eigenvalue weighted by Gasteiger charge is 2.54. The van der Waals surface area contributed by atoms with Crippen molar-refractivity contribution in [3.63, 3.8) is 0 Å². The van der Waals surface area contributed by atoms with E-state index in [0.29, 0.717) is 22.8 Å². The van der Waals surface area contributed by atoms with Crippen molar-refractivity contribution in [3.8, 4) is 28.6 Å². The summed E-state index contributed by atoms with van der Waals surface area (Å²) in [5.41, 5.74) is 2.63. The van der Waals surface area contributed by atoms with E-state index in [0.717, 1.165) is 48.5 Å². The molecule has 1 N–H and O–H groups in total. The lowest BCUT2D eigenvalue weighted by Crippen LogP contribution is -2.45. The van der Waals surface area contributed by atoms with E-state index in [-0.39, 0.29) is 16.6 Å². The molecule has 1 saturated carbocycles. The van der Waals surface area contributed by atoms with E-state index in [2.05, 4.69) is 16.4 Å². The number of nitrogens with zero attached hydrogens (tertiary/aromatic N) is 4. The van der Waals surface area contributed by atoms with Gasteiger partial charge in [0.05, 0.1) is 40.9 Å². The van der Waals surface area contributed by atoms with E-state index in [4.69, 9.17) is 9.72 Å². The second kappa shape index (κ2) is 8.18. The number of fused-ring (bicyclic) bond motifs is 2. The molecule has 2 aliphatic heterocycles. The maximum absolute atomic E-state index is 14.8. The summed E-state index contributed by atoms with van der Waals surface area (Å²) in [5.74, 6) is -1.51. The zero-order valence-corrected chi connectivity index (χ0v) is 20.5. The molecule has 2 bridgehead atoms. The van der Waals surface area contributed by atoms with E-state index in [1.54, 1.807) is 6.07 Å². The number of aryl methyl sites for hydroxylation is 2. The number of halogens is 2. The average Bonchev–Trinajstić information content (AvgIpc) is 3.45. The lowest BCUT2D eigenvalue weighted by molar-refractivity contribution is 0.211. The van der Waals surface area contributed by atoms with Crippen LogP contribution < -0.4 is 15.6 Å². The molecule has 3 fully saturated rings. The SMILES string of the molecule is COc1c(F)cc(-n2c(C34CC(CN3)C4)nc3c(-c4cc(C)nc(C)c4)cc(C#N)cc3c2=O)cc1F. The minimum atomic E-state index is -0.923. The number of hydrogen-bond acceptors (Lipinski definition) is 6. The zero-order chi connectivity index (χ0) is 26.1. The van der Waals surface area contributed by atoms with Gasteiger partial charge in [-0.05, 0) is 69.0 Å². The lowest BCUT2D eigenvalue weighted by Gasteiger charge is -2.38. The fourth-order valence-electron chi connectivity index (χ4n) is 5.81. The smallest absolute Gasteiger partial charge is 0.266 e. The van der Waals surface area contributed by atoms with Gasteiger partial charge in [0, 0.05) is 29.1 Å². The van der Waals surface area contributed by atoms with Crippen LogP contribution in [0, 0.1) is 42.7 Å². The fourth-order valence-corrected chi connectivity index (χ4v) is 5.81. The molecule has 9 heteroatoms. The molecule has 1 aliphatic carbocycles. The first-order valence-electron chi connectivity index (χ1n) is 12.0. The number of ether oxygens (including phenoxy) is 1. The highest BCUT2D eigenvalue weighted by Crippen LogP contribution is 2.50. The number of aromatic nitrogens is 3. The van der Waals surface area contributed by atoms with Gasteiger partial charge in [0.1, 0.15) is 5.82 Å². The summed E-state index contributed by atoms with van der Waals surface area (Å²) in [6, 6.07) is 11.2. The highest BCUT2D eigenvalue weighted by molar-refractivity contribution is 5.95. The molecule has 0 unspecified atom stereocenters. The Balaban J connectivity index is 1.72. The van der Waals surface area contributed by atoms with Crippen molar-refractivity contribution >= 4 is 10.9 Å². The standard InChI is InChI=1S/C28H23F2N5O2/c1-14-4-18(5-15(2)33-14)20-6-16(12-31)7-21-24(20)34-27(28-10-17(11-28)13-32-28)35(26(21)36)19-8-22(29)25(37-3)23(30)9-19/h4-9,17,32H,10-11,13H2,1-3H3. The molecular formula is C28H23F2N5O2. The first kappa shape index (κ1) is 23.3. The van der Waals surface area contributed by atoms with Crippen LogP contribution in [0.5, 0.6) is 5.75 Å². The third-order valence-corrected chi connectivity index (χ3v) is 7.37. The number of benzene rings is 2. The molecule has 0 spiro atoms. The van der Waals surface area contributed by atoms with E-state index >= 15 is 0 Å². The van der Waals surface area contributed by atoms with Crippen molar-refractivity contribution in [2.24, 2.45) is 5.92 Å². The largest absolute Gasteiger partial charge is 0.491 e. The van der Waals surface area contributed by atoms with Crippen LogP contribution in [0.1, 0.15) is 35.6 Å². The number of methoxy groups -OCH3 is 1. The summed E-state index contributed by atoms with van der Waals surface area (Å²) in [6.07, 6.45) is 1.54. The fraction of sp³-hybridized carbons (Fsp3) is 0.286. The quantitative estimate of drug-likeness (QED) is 0.447. The Hall–Kier alpha value is -4.16. The predicted octanol–water partition coefficient (Wildman–Crippen LogP) is 4.43. The minimum Gasteiger partial charge on any atom is -0.491 e. The van der Waals surface area contributed by atoms with Crippen molar-refractivity contribution in [3.05, 3.63) is 81.2 Å². The molecule has 4 heterocycles. The molecule has 2 saturated heterocycles. The van der Waals surface area contributed by atoms with Gasteiger partial charge >= 0.3 is 0 Å². The first-order valence-corrected chi connectivity index (χ1v) is 12.0. The number of pyridine rings is 1. The van der Waals surface area contributed by atoms with Gasteiger partial charge < -0.3 is 10.1 Å². The molecule has 37 heavy (non-hydrogen) atoms. The second-order valence-electron chi connectivity index (χ2n) is 9.93. The third kappa shape index (κ3) is 3.51. The molecule has 2 aromatic heterocycles. The van der Waals surface area contributed by atoms with Crippen LogP contribution in [0.15, 0.2) is 41.2 Å². The Morgan fingerprint density at radius 2 is 1.76 bits per heavy atom. The molecule has 2 aromatic carbocycles. The Morgan fingerprint density at radius 1 is 1.08 bits per heavy atom. The monoisotopic (exact) mass is 499 g/mol.